The zero-order valence-corrected chi connectivity index (χ0v) is 45.3. The summed E-state index contributed by atoms with van der Waals surface area (Å²) in [5.41, 5.74) is 0.611. The lowest BCUT2D eigenvalue weighted by molar-refractivity contribution is 0.127. The maximum absolute atomic E-state index is 13.1. The van der Waals surface area contributed by atoms with Gasteiger partial charge in [-0.25, -0.2) is 4.39 Å². The van der Waals surface area contributed by atoms with Crippen LogP contribution in [-0.2, 0) is 0 Å². The molecule has 0 aromatic carbocycles. The Bertz CT molecular complexity index is 928. The Morgan fingerprint density at radius 2 is 0.590 bits per heavy atom. The lowest BCUT2D eigenvalue weighted by Gasteiger charge is -2.31. The Kier molecular flexibility index (Phi) is 32.3. The van der Waals surface area contributed by atoms with Crippen LogP contribution < -0.4 is 0 Å². The molecule has 4 unspecified atom stereocenters. The molecule has 0 spiro atoms. The van der Waals surface area contributed by atoms with Crippen LogP contribution in [-0.4, -0.2) is 6.17 Å². The molecule has 0 radical (unpaired) electrons. The SMILES string of the molecule is CC(C)(C)C1CC1.CC(C)C1CCC1.CC(C)C1CCCC1.CC(C)C1CCCCC1.CC(C)C1CCCCC1C.CC(C)C1CCCCC1F.CC(C)C1CCCCCC1. The Labute approximate surface area is 387 Å². The summed E-state index contributed by atoms with van der Waals surface area (Å²) in [5, 5.41) is 0. The van der Waals surface area contributed by atoms with Gasteiger partial charge in [0.25, 0.3) is 0 Å². The molecule has 366 valence electrons. The molecule has 0 aliphatic heterocycles. The van der Waals surface area contributed by atoms with E-state index in [-0.39, 0.29) is 0 Å². The second-order valence-electron chi connectivity index (χ2n) is 25.4. The van der Waals surface area contributed by atoms with Crippen molar-refractivity contribution in [2.45, 2.75) is 297 Å². The van der Waals surface area contributed by atoms with Crippen LogP contribution >= 0.6 is 0 Å². The molecule has 0 amide bonds. The fraction of sp³-hybridized carbons (Fsp3) is 1.00. The third-order valence-corrected chi connectivity index (χ3v) is 17.3. The van der Waals surface area contributed by atoms with E-state index in [9.17, 15) is 4.39 Å². The Balaban J connectivity index is 0.000000357. The van der Waals surface area contributed by atoms with E-state index in [0.29, 0.717) is 17.3 Å². The Morgan fingerprint density at radius 3 is 0.803 bits per heavy atom. The average molecular weight is 860 g/mol. The van der Waals surface area contributed by atoms with E-state index in [1.807, 2.05) is 0 Å². The highest BCUT2D eigenvalue weighted by atomic mass is 19.1. The molecule has 0 saturated heterocycles. The first-order valence-corrected chi connectivity index (χ1v) is 28.4. The molecule has 0 nitrogen and oxygen atoms in total. The van der Waals surface area contributed by atoms with E-state index in [1.54, 1.807) is 0 Å². The van der Waals surface area contributed by atoms with Gasteiger partial charge < -0.3 is 0 Å². The summed E-state index contributed by atoms with van der Waals surface area (Å²) in [7, 11) is 0. The van der Waals surface area contributed by atoms with Gasteiger partial charge in [0.15, 0.2) is 0 Å². The number of hydrogen-bond donors (Lipinski definition) is 0. The molecule has 0 aromatic rings. The van der Waals surface area contributed by atoms with Crippen molar-refractivity contribution in [2.24, 2.45) is 88.3 Å². The minimum Gasteiger partial charge on any atom is -0.247 e. The summed E-state index contributed by atoms with van der Waals surface area (Å²) in [5.74, 6) is 12.9. The van der Waals surface area contributed by atoms with Gasteiger partial charge in [0.1, 0.15) is 6.17 Å². The molecule has 61 heavy (non-hydrogen) atoms. The van der Waals surface area contributed by atoms with Gasteiger partial charge in [-0.15, -0.1) is 0 Å². The van der Waals surface area contributed by atoms with E-state index in [2.05, 4.69) is 111 Å². The van der Waals surface area contributed by atoms with Gasteiger partial charge in [-0.3, -0.25) is 0 Å². The quantitative estimate of drug-likeness (QED) is 0.234. The van der Waals surface area contributed by atoms with Gasteiger partial charge in [0, 0.05) is 0 Å². The number of alkyl halides is 1. The molecule has 7 aliphatic carbocycles. The average Bonchev–Trinajstić information content (AvgIpc) is 3.97. The molecule has 4 atom stereocenters. The summed E-state index contributed by atoms with van der Waals surface area (Å²) in [6, 6.07) is 0. The Hall–Kier alpha value is -0.0700. The summed E-state index contributed by atoms with van der Waals surface area (Å²) < 4.78 is 13.1. The minimum absolute atomic E-state index is 0.355. The van der Waals surface area contributed by atoms with Crippen molar-refractivity contribution in [1.82, 2.24) is 0 Å². The third kappa shape index (κ3) is 27.9. The van der Waals surface area contributed by atoms with Crippen molar-refractivity contribution in [3.63, 3.8) is 0 Å². The van der Waals surface area contributed by atoms with Gasteiger partial charge >= 0.3 is 0 Å². The number of hydrogen-bond acceptors (Lipinski definition) is 0. The van der Waals surface area contributed by atoms with E-state index >= 15 is 0 Å². The zero-order chi connectivity index (χ0) is 46.0. The number of halogens is 1. The lowest BCUT2D eigenvalue weighted by atomic mass is 9.75. The normalized spacial score (nSPS) is 26.8. The van der Waals surface area contributed by atoms with Crippen molar-refractivity contribution < 1.29 is 4.39 Å². The second kappa shape index (κ2) is 33.4. The van der Waals surface area contributed by atoms with E-state index < -0.39 is 6.17 Å². The fourth-order valence-corrected chi connectivity index (χ4v) is 11.7. The van der Waals surface area contributed by atoms with Crippen molar-refractivity contribution in [1.29, 1.82) is 0 Å². The molecule has 0 bridgehead atoms. The topological polar surface area (TPSA) is 0 Å². The van der Waals surface area contributed by atoms with Gasteiger partial charge in [0.05, 0.1) is 0 Å². The molecule has 0 aromatic heterocycles. The van der Waals surface area contributed by atoms with Gasteiger partial charge in [-0.1, -0.05) is 258 Å². The van der Waals surface area contributed by atoms with Crippen LogP contribution in [0.2, 0.25) is 0 Å². The maximum atomic E-state index is 13.1. The molecule has 1 heteroatoms. The van der Waals surface area contributed by atoms with Crippen LogP contribution in [0.15, 0.2) is 0 Å². The smallest absolute Gasteiger partial charge is 0.103 e. The first-order valence-electron chi connectivity index (χ1n) is 28.4. The fourth-order valence-electron chi connectivity index (χ4n) is 11.7. The Morgan fingerprint density at radius 1 is 0.311 bits per heavy atom. The standard InChI is InChI=1S/2C10H20.C9H17F.C9H18.C8H16.2C7H14/c1-8(2)10-7-5-4-6-9(10)3;1-9(2)10-7-5-3-4-6-8-10;1-7(2)8-5-3-4-6-9(8)10;1-8(2)9-6-4-3-5-7-9;1-7(2)8-5-3-4-6-8;1-7(2,3)6-4-5-6;1-6(2)7-4-3-5-7/h8-10H,4-7H2,1-3H3;9-10H,3-8H2,1-2H3;7-9H,3-6H2,1-2H3;8-9H,3-7H2,1-2H3;7-8H,3-6H2,1-2H3;6H,4-5H2,1-3H3;6-7H,3-5H2,1-2H3. The predicted molar refractivity (Wildman–Crippen MR) is 276 cm³/mol. The predicted octanol–water partition coefficient (Wildman–Crippen LogP) is 21.2. The van der Waals surface area contributed by atoms with Crippen LogP contribution in [0.4, 0.5) is 4.39 Å². The highest BCUT2D eigenvalue weighted by molar-refractivity contribution is 4.84. The van der Waals surface area contributed by atoms with Crippen molar-refractivity contribution in [3.8, 4) is 0 Å². The largest absolute Gasteiger partial charge is 0.247 e. The van der Waals surface area contributed by atoms with Crippen molar-refractivity contribution in [3.05, 3.63) is 0 Å². The van der Waals surface area contributed by atoms with Crippen LogP contribution in [0, 0.1) is 88.3 Å². The van der Waals surface area contributed by atoms with Gasteiger partial charge in [-0.2, -0.15) is 0 Å². The first kappa shape index (κ1) is 58.9. The summed E-state index contributed by atoms with van der Waals surface area (Å²) in [6.07, 6.45) is 39.5. The van der Waals surface area contributed by atoms with Gasteiger partial charge in [-0.05, 0) is 120 Å². The third-order valence-electron chi connectivity index (χ3n) is 17.3. The zero-order valence-electron chi connectivity index (χ0n) is 45.3. The van der Waals surface area contributed by atoms with Gasteiger partial charge in [0.2, 0.25) is 0 Å². The molecule has 0 N–H and O–H groups in total. The van der Waals surface area contributed by atoms with Crippen LogP contribution in [0.5, 0.6) is 0 Å². The number of rotatable bonds is 6. The van der Waals surface area contributed by atoms with E-state index in [1.165, 1.54) is 161 Å². The van der Waals surface area contributed by atoms with Crippen LogP contribution in [0.25, 0.3) is 0 Å². The molecule has 7 aliphatic rings. The van der Waals surface area contributed by atoms with Crippen molar-refractivity contribution >= 4 is 0 Å². The summed E-state index contributed by atoms with van der Waals surface area (Å²) >= 11 is 0. The highest BCUT2D eigenvalue weighted by Gasteiger charge is 2.33. The summed E-state index contributed by atoms with van der Waals surface area (Å²) in [4.78, 5) is 0. The van der Waals surface area contributed by atoms with Crippen molar-refractivity contribution in [2.75, 3.05) is 0 Å². The molecule has 7 fully saturated rings. The summed E-state index contributed by atoms with van der Waals surface area (Å²) in [6.45, 7) is 37.2. The van der Waals surface area contributed by atoms with Crippen LogP contribution in [0.3, 0.4) is 0 Å². The molecule has 7 saturated carbocycles. The molecular formula is C60H119F. The monoisotopic (exact) mass is 859 g/mol. The molecular weight excluding hydrogens is 740 g/mol. The molecule has 7 rings (SSSR count). The maximum Gasteiger partial charge on any atom is 0.103 e. The molecule has 0 heterocycles. The minimum atomic E-state index is -0.506. The lowest BCUT2D eigenvalue weighted by Crippen LogP contribution is -2.24. The first-order chi connectivity index (χ1) is 28.8. The highest BCUT2D eigenvalue weighted by Crippen LogP contribution is 2.44. The van der Waals surface area contributed by atoms with E-state index in [0.717, 1.165) is 90.3 Å². The van der Waals surface area contributed by atoms with E-state index in [4.69, 9.17) is 0 Å². The second-order valence-corrected chi connectivity index (χ2v) is 25.4. The van der Waals surface area contributed by atoms with Crippen LogP contribution in [0.1, 0.15) is 291 Å².